The van der Waals surface area contributed by atoms with E-state index in [4.69, 9.17) is 11.6 Å². The summed E-state index contributed by atoms with van der Waals surface area (Å²) in [5.41, 5.74) is 1.70. The molecule has 1 amide bonds. The highest BCUT2D eigenvalue weighted by Crippen LogP contribution is 2.22. The minimum Gasteiger partial charge on any atom is -0.326 e. The van der Waals surface area contributed by atoms with Crippen molar-refractivity contribution >= 4 is 44.9 Å². The summed E-state index contributed by atoms with van der Waals surface area (Å²) in [6, 6.07) is 11.8. The van der Waals surface area contributed by atoms with Crippen molar-refractivity contribution in [2.24, 2.45) is 0 Å². The van der Waals surface area contributed by atoms with E-state index in [0.29, 0.717) is 21.8 Å². The summed E-state index contributed by atoms with van der Waals surface area (Å²) in [5, 5.41) is 3.15. The molecule has 0 aliphatic heterocycles. The zero-order valence-corrected chi connectivity index (χ0v) is 13.0. The van der Waals surface area contributed by atoms with E-state index in [0.717, 1.165) is 4.47 Å². The maximum atomic E-state index is 12.3. The number of hydrogen-bond donors (Lipinski definition) is 1. The van der Waals surface area contributed by atoms with E-state index < -0.39 is 0 Å². The van der Waals surface area contributed by atoms with Crippen molar-refractivity contribution in [3.63, 3.8) is 0 Å². The van der Waals surface area contributed by atoms with Crippen molar-refractivity contribution < 1.29 is 9.59 Å². The van der Waals surface area contributed by atoms with E-state index in [9.17, 15) is 9.59 Å². The summed E-state index contributed by atoms with van der Waals surface area (Å²) < 4.78 is 0.753. The number of benzene rings is 2. The number of rotatable bonds is 3. The summed E-state index contributed by atoms with van der Waals surface area (Å²) in [6.45, 7) is 1.43. The van der Waals surface area contributed by atoms with Crippen LogP contribution in [-0.4, -0.2) is 11.7 Å². The van der Waals surface area contributed by atoms with Gasteiger partial charge in [-0.1, -0.05) is 27.5 Å². The second-order valence-electron chi connectivity index (χ2n) is 4.25. The molecule has 0 bridgehead atoms. The van der Waals surface area contributed by atoms with Gasteiger partial charge in [0.05, 0.1) is 0 Å². The Morgan fingerprint density at radius 2 is 1.70 bits per heavy atom. The van der Waals surface area contributed by atoms with E-state index in [-0.39, 0.29) is 11.7 Å². The maximum Gasteiger partial charge on any atom is 0.221 e. The quantitative estimate of drug-likeness (QED) is 0.838. The molecule has 0 aliphatic carbocycles. The maximum absolute atomic E-state index is 12.3. The van der Waals surface area contributed by atoms with Crippen LogP contribution >= 0.6 is 27.5 Å². The molecule has 3 nitrogen and oxygen atoms in total. The van der Waals surface area contributed by atoms with E-state index >= 15 is 0 Å². The van der Waals surface area contributed by atoms with E-state index in [1.807, 2.05) is 0 Å². The van der Waals surface area contributed by atoms with Crippen LogP contribution < -0.4 is 5.32 Å². The highest BCUT2D eigenvalue weighted by atomic mass is 79.9. The zero-order chi connectivity index (χ0) is 14.7. The third-order valence-corrected chi connectivity index (χ3v) is 3.27. The van der Waals surface area contributed by atoms with Crippen molar-refractivity contribution in [3.05, 3.63) is 63.1 Å². The third kappa shape index (κ3) is 3.68. The Balaban J connectivity index is 2.26. The number of amides is 1. The molecule has 0 saturated carbocycles. The average Bonchev–Trinajstić information content (AvgIpc) is 2.37. The smallest absolute Gasteiger partial charge is 0.221 e. The molecule has 2 aromatic rings. The van der Waals surface area contributed by atoms with Gasteiger partial charge in [0.15, 0.2) is 5.78 Å². The number of nitrogens with one attached hydrogen (secondary N) is 1. The highest BCUT2D eigenvalue weighted by molar-refractivity contribution is 9.10. The number of carbonyl (C=O) groups excluding carboxylic acids is 2. The number of ketones is 1. The van der Waals surface area contributed by atoms with Crippen molar-refractivity contribution in [2.45, 2.75) is 6.92 Å². The molecule has 0 saturated heterocycles. The van der Waals surface area contributed by atoms with Crippen LogP contribution in [0.4, 0.5) is 5.69 Å². The molecule has 2 aromatic carbocycles. The predicted octanol–water partition coefficient (Wildman–Crippen LogP) is 4.29. The fourth-order valence-electron chi connectivity index (χ4n) is 1.76. The Kier molecular flexibility index (Phi) is 4.57. The van der Waals surface area contributed by atoms with E-state index in [1.165, 1.54) is 6.92 Å². The van der Waals surface area contributed by atoms with Gasteiger partial charge in [0, 0.05) is 33.2 Å². The summed E-state index contributed by atoms with van der Waals surface area (Å²) in [5.74, 6) is -0.273. The van der Waals surface area contributed by atoms with E-state index in [1.54, 1.807) is 42.5 Å². The predicted molar refractivity (Wildman–Crippen MR) is 83.3 cm³/mol. The lowest BCUT2D eigenvalue weighted by atomic mass is 10.0. The number of anilines is 1. The van der Waals surface area contributed by atoms with Gasteiger partial charge in [-0.15, -0.1) is 0 Å². The second-order valence-corrected chi connectivity index (χ2v) is 5.60. The molecular formula is C15H11BrClNO2. The third-order valence-electron chi connectivity index (χ3n) is 2.59. The molecule has 0 radical (unpaired) electrons. The summed E-state index contributed by atoms with van der Waals surface area (Å²) in [6.07, 6.45) is 0. The minimum atomic E-state index is -0.150. The van der Waals surface area contributed by atoms with E-state index in [2.05, 4.69) is 21.2 Å². The highest BCUT2D eigenvalue weighted by Gasteiger charge is 2.10. The topological polar surface area (TPSA) is 46.2 Å². The van der Waals surface area contributed by atoms with Crippen LogP contribution in [0.1, 0.15) is 22.8 Å². The first-order valence-corrected chi connectivity index (χ1v) is 7.01. The van der Waals surface area contributed by atoms with Gasteiger partial charge in [-0.2, -0.15) is 0 Å². The lowest BCUT2D eigenvalue weighted by molar-refractivity contribution is -0.114. The van der Waals surface area contributed by atoms with Gasteiger partial charge in [0.1, 0.15) is 0 Å². The number of carbonyl (C=O) groups is 2. The Morgan fingerprint density at radius 3 is 2.25 bits per heavy atom. The minimum absolute atomic E-state index is 0.123. The van der Waals surface area contributed by atoms with Gasteiger partial charge in [-0.3, -0.25) is 9.59 Å². The second kappa shape index (κ2) is 6.20. The fraction of sp³-hybridized carbons (Fsp3) is 0.0667. The molecule has 2 rings (SSSR count). The summed E-state index contributed by atoms with van der Waals surface area (Å²) in [7, 11) is 0. The first-order valence-electron chi connectivity index (χ1n) is 5.84. The van der Waals surface area contributed by atoms with Crippen LogP contribution in [0.3, 0.4) is 0 Å². The first-order chi connectivity index (χ1) is 9.45. The van der Waals surface area contributed by atoms with Gasteiger partial charge in [0.2, 0.25) is 5.91 Å². The molecule has 0 aromatic heterocycles. The molecular weight excluding hydrogens is 342 g/mol. The van der Waals surface area contributed by atoms with Gasteiger partial charge >= 0.3 is 0 Å². The van der Waals surface area contributed by atoms with Gasteiger partial charge in [0.25, 0.3) is 0 Å². The van der Waals surface area contributed by atoms with Crippen LogP contribution in [0, 0.1) is 0 Å². The summed E-state index contributed by atoms with van der Waals surface area (Å²) in [4.78, 5) is 23.2. The van der Waals surface area contributed by atoms with Crippen molar-refractivity contribution in [3.8, 4) is 0 Å². The average molecular weight is 353 g/mol. The molecule has 0 atom stereocenters. The zero-order valence-electron chi connectivity index (χ0n) is 10.6. The molecule has 102 valence electrons. The van der Waals surface area contributed by atoms with Crippen molar-refractivity contribution in [1.82, 2.24) is 0 Å². The van der Waals surface area contributed by atoms with Gasteiger partial charge in [-0.05, 0) is 42.5 Å². The first kappa shape index (κ1) is 14.8. The Labute approximate surface area is 130 Å². The van der Waals surface area contributed by atoms with Crippen molar-refractivity contribution in [2.75, 3.05) is 5.32 Å². The SMILES string of the molecule is CC(=O)Nc1ccc(C(=O)c2cc(Cl)cc(Br)c2)cc1. The molecule has 1 N–H and O–H groups in total. The molecule has 0 heterocycles. The molecule has 20 heavy (non-hydrogen) atoms. The van der Waals surface area contributed by atoms with Crippen LogP contribution in [0.15, 0.2) is 46.9 Å². The molecule has 0 unspecified atom stereocenters. The Morgan fingerprint density at radius 1 is 1.05 bits per heavy atom. The molecule has 0 spiro atoms. The van der Waals surface area contributed by atoms with Crippen LogP contribution in [0.5, 0.6) is 0 Å². The van der Waals surface area contributed by atoms with Gasteiger partial charge in [-0.25, -0.2) is 0 Å². The van der Waals surface area contributed by atoms with Crippen LogP contribution in [0.2, 0.25) is 5.02 Å². The van der Waals surface area contributed by atoms with Gasteiger partial charge < -0.3 is 5.32 Å². The monoisotopic (exact) mass is 351 g/mol. The lowest BCUT2D eigenvalue weighted by Gasteiger charge is -2.05. The largest absolute Gasteiger partial charge is 0.326 e. The lowest BCUT2D eigenvalue weighted by Crippen LogP contribution is -2.06. The van der Waals surface area contributed by atoms with Crippen molar-refractivity contribution in [1.29, 1.82) is 0 Å². The van der Waals surface area contributed by atoms with Crippen LogP contribution in [-0.2, 0) is 4.79 Å². The standard InChI is InChI=1S/C15H11BrClNO2/c1-9(19)18-14-4-2-10(3-5-14)15(20)11-6-12(16)8-13(17)7-11/h2-8H,1H3,(H,18,19). The molecule has 0 fully saturated rings. The normalized spacial score (nSPS) is 10.2. The number of halogens is 2. The number of hydrogen-bond acceptors (Lipinski definition) is 2. The summed E-state index contributed by atoms with van der Waals surface area (Å²) >= 11 is 9.24. The van der Waals surface area contributed by atoms with Crippen LogP contribution in [0.25, 0.3) is 0 Å². The molecule has 0 aliphatic rings. The Bertz CT molecular complexity index is 648. The Hall–Kier alpha value is -1.65. The fourth-order valence-corrected chi connectivity index (χ4v) is 2.62. The molecule has 5 heteroatoms.